The largest absolute Gasteiger partial charge is 0.351 e. The smallest absolute Gasteiger partial charge is 0.246 e. The van der Waals surface area contributed by atoms with Crippen LogP contribution in [-0.4, -0.2) is 28.9 Å². The van der Waals surface area contributed by atoms with Gasteiger partial charge < -0.3 is 10.6 Å². The summed E-state index contributed by atoms with van der Waals surface area (Å²) in [6, 6.07) is 0. The molecule has 1 aliphatic carbocycles. The van der Waals surface area contributed by atoms with Gasteiger partial charge in [0.15, 0.2) is 0 Å². The molecule has 0 saturated heterocycles. The average molecular weight is 333 g/mol. The lowest BCUT2D eigenvalue weighted by atomic mass is 9.80. The normalized spacial score (nSPS) is 16.9. The zero-order valence-corrected chi connectivity index (χ0v) is 14.2. The van der Waals surface area contributed by atoms with Gasteiger partial charge in [-0.15, -0.1) is 17.9 Å². The van der Waals surface area contributed by atoms with Gasteiger partial charge in [-0.3, -0.25) is 9.59 Å². The maximum atomic E-state index is 12.5. The molecule has 0 unspecified atom stereocenters. The Morgan fingerprint density at radius 1 is 1.39 bits per heavy atom. The van der Waals surface area contributed by atoms with Gasteiger partial charge in [0.2, 0.25) is 11.8 Å². The van der Waals surface area contributed by atoms with Crippen LogP contribution in [0.4, 0.5) is 0 Å². The standard InChI is InChI=1S/C17H23N3O2S/c1-3-11-18-16(22)17(9-5-4-6-10-17)20-15(21)8-7-14-12-19-13(2)23-14/h3,7-8,12H,1,4-6,9-11H2,2H3,(H,18,22)(H,20,21)/b8-7-. The van der Waals surface area contributed by atoms with E-state index in [9.17, 15) is 9.59 Å². The van der Waals surface area contributed by atoms with Crippen LogP contribution in [0.5, 0.6) is 0 Å². The summed E-state index contributed by atoms with van der Waals surface area (Å²) in [6.07, 6.45) is 10.9. The number of aryl methyl sites for hydroxylation is 1. The van der Waals surface area contributed by atoms with Crippen molar-refractivity contribution in [1.82, 2.24) is 15.6 Å². The van der Waals surface area contributed by atoms with E-state index in [4.69, 9.17) is 0 Å². The predicted octanol–water partition coefficient (Wildman–Crippen LogP) is 2.59. The van der Waals surface area contributed by atoms with Gasteiger partial charge in [-0.05, 0) is 25.8 Å². The van der Waals surface area contributed by atoms with Gasteiger partial charge in [0.25, 0.3) is 0 Å². The molecule has 1 heterocycles. The Morgan fingerprint density at radius 2 is 2.13 bits per heavy atom. The Bertz CT molecular complexity index is 601. The third-order valence-electron chi connectivity index (χ3n) is 3.95. The number of nitrogens with one attached hydrogen (secondary N) is 2. The Morgan fingerprint density at radius 3 is 2.74 bits per heavy atom. The zero-order chi connectivity index (χ0) is 16.7. The van der Waals surface area contributed by atoms with Gasteiger partial charge in [-0.2, -0.15) is 0 Å². The molecule has 2 rings (SSSR count). The third kappa shape index (κ3) is 4.76. The molecule has 0 radical (unpaired) electrons. The summed E-state index contributed by atoms with van der Waals surface area (Å²) in [5.74, 6) is -0.362. The Hall–Kier alpha value is -1.95. The minimum absolute atomic E-state index is 0.118. The van der Waals surface area contributed by atoms with E-state index in [1.54, 1.807) is 18.3 Å². The third-order valence-corrected chi connectivity index (χ3v) is 4.83. The molecule has 0 spiro atoms. The minimum atomic E-state index is -0.799. The fraction of sp³-hybridized carbons (Fsp3) is 0.471. The van der Waals surface area contributed by atoms with Gasteiger partial charge >= 0.3 is 0 Å². The summed E-state index contributed by atoms with van der Waals surface area (Å²) in [7, 11) is 0. The topological polar surface area (TPSA) is 71.1 Å². The number of nitrogens with zero attached hydrogens (tertiary/aromatic N) is 1. The molecular weight excluding hydrogens is 310 g/mol. The van der Waals surface area contributed by atoms with Gasteiger partial charge in [-0.1, -0.05) is 25.3 Å². The summed E-state index contributed by atoms with van der Waals surface area (Å²) < 4.78 is 0. The van der Waals surface area contributed by atoms with Crippen molar-refractivity contribution in [2.45, 2.75) is 44.6 Å². The van der Waals surface area contributed by atoms with Crippen LogP contribution in [0.15, 0.2) is 24.9 Å². The molecule has 0 bridgehead atoms. The van der Waals surface area contributed by atoms with Crippen molar-refractivity contribution in [3.8, 4) is 0 Å². The van der Waals surface area contributed by atoms with Crippen molar-refractivity contribution < 1.29 is 9.59 Å². The van der Waals surface area contributed by atoms with E-state index in [1.807, 2.05) is 6.92 Å². The fourth-order valence-corrected chi connectivity index (χ4v) is 3.48. The highest BCUT2D eigenvalue weighted by molar-refractivity contribution is 7.12. The van der Waals surface area contributed by atoms with Crippen molar-refractivity contribution in [2.24, 2.45) is 0 Å². The van der Waals surface area contributed by atoms with E-state index < -0.39 is 5.54 Å². The van der Waals surface area contributed by atoms with Crippen molar-refractivity contribution in [2.75, 3.05) is 6.54 Å². The first kappa shape index (κ1) is 17.4. The lowest BCUT2D eigenvalue weighted by Gasteiger charge is -2.36. The number of amides is 2. The molecule has 2 amide bonds. The lowest BCUT2D eigenvalue weighted by molar-refractivity contribution is -0.133. The Labute approximate surface area is 140 Å². The average Bonchev–Trinajstić information content (AvgIpc) is 2.97. The van der Waals surface area contributed by atoms with Crippen LogP contribution in [0.3, 0.4) is 0 Å². The maximum Gasteiger partial charge on any atom is 0.246 e. The molecule has 1 aromatic heterocycles. The molecule has 0 atom stereocenters. The molecule has 23 heavy (non-hydrogen) atoms. The summed E-state index contributed by atoms with van der Waals surface area (Å²) in [5, 5.41) is 6.71. The predicted molar refractivity (Wildman–Crippen MR) is 93.1 cm³/mol. The SMILES string of the molecule is C=CCNC(=O)C1(NC(=O)/C=C\c2cnc(C)s2)CCCCC1. The molecule has 1 saturated carbocycles. The number of rotatable bonds is 6. The highest BCUT2D eigenvalue weighted by atomic mass is 32.1. The fourth-order valence-electron chi connectivity index (χ4n) is 2.79. The molecule has 124 valence electrons. The van der Waals surface area contributed by atoms with E-state index in [0.717, 1.165) is 29.1 Å². The summed E-state index contributed by atoms with van der Waals surface area (Å²) in [4.78, 5) is 29.8. The number of aromatic nitrogens is 1. The van der Waals surface area contributed by atoms with Crippen LogP contribution in [0.1, 0.15) is 42.0 Å². The summed E-state index contributed by atoms with van der Waals surface area (Å²) in [5.41, 5.74) is -0.799. The highest BCUT2D eigenvalue weighted by Gasteiger charge is 2.40. The first-order valence-electron chi connectivity index (χ1n) is 7.87. The molecule has 0 aromatic carbocycles. The second kappa shape index (κ2) is 8.06. The second-order valence-corrected chi connectivity index (χ2v) is 7.01. The van der Waals surface area contributed by atoms with Crippen molar-refractivity contribution in [1.29, 1.82) is 0 Å². The van der Waals surface area contributed by atoms with Gasteiger partial charge in [0, 0.05) is 23.7 Å². The van der Waals surface area contributed by atoms with Gasteiger partial charge in [0.05, 0.1) is 5.01 Å². The van der Waals surface area contributed by atoms with Crippen molar-refractivity contribution in [3.05, 3.63) is 34.8 Å². The first-order chi connectivity index (χ1) is 11.1. The van der Waals surface area contributed by atoms with Crippen molar-refractivity contribution >= 4 is 29.2 Å². The van der Waals surface area contributed by atoms with E-state index in [2.05, 4.69) is 22.2 Å². The number of thiazole rings is 1. The van der Waals surface area contributed by atoms with E-state index in [1.165, 1.54) is 17.4 Å². The van der Waals surface area contributed by atoms with Gasteiger partial charge in [0.1, 0.15) is 5.54 Å². The first-order valence-corrected chi connectivity index (χ1v) is 8.69. The number of hydrogen-bond acceptors (Lipinski definition) is 4. The van der Waals surface area contributed by atoms with Crippen LogP contribution in [-0.2, 0) is 9.59 Å². The maximum absolute atomic E-state index is 12.5. The van der Waals surface area contributed by atoms with Gasteiger partial charge in [-0.25, -0.2) is 4.98 Å². The van der Waals surface area contributed by atoms with E-state index in [-0.39, 0.29) is 11.8 Å². The Kier molecular flexibility index (Phi) is 6.10. The quantitative estimate of drug-likeness (QED) is 0.621. The molecule has 1 aromatic rings. The molecule has 2 N–H and O–H groups in total. The van der Waals surface area contributed by atoms with Crippen LogP contribution < -0.4 is 10.6 Å². The van der Waals surface area contributed by atoms with Crippen LogP contribution in [0, 0.1) is 6.92 Å². The van der Waals surface area contributed by atoms with Crippen LogP contribution in [0.25, 0.3) is 6.08 Å². The Balaban J connectivity index is 2.04. The second-order valence-electron chi connectivity index (χ2n) is 5.75. The van der Waals surface area contributed by atoms with E-state index in [0.29, 0.717) is 19.4 Å². The van der Waals surface area contributed by atoms with Crippen LogP contribution in [0.2, 0.25) is 0 Å². The number of hydrogen-bond donors (Lipinski definition) is 2. The molecule has 6 heteroatoms. The highest BCUT2D eigenvalue weighted by Crippen LogP contribution is 2.28. The zero-order valence-electron chi connectivity index (χ0n) is 13.4. The molecular formula is C17H23N3O2S. The number of carbonyl (C=O) groups excluding carboxylic acids is 2. The van der Waals surface area contributed by atoms with Crippen molar-refractivity contribution in [3.63, 3.8) is 0 Å². The summed E-state index contributed by atoms with van der Waals surface area (Å²) >= 11 is 1.52. The van der Waals surface area contributed by atoms with Crippen LogP contribution >= 0.6 is 11.3 Å². The van der Waals surface area contributed by atoms with E-state index >= 15 is 0 Å². The molecule has 0 aliphatic heterocycles. The minimum Gasteiger partial charge on any atom is -0.351 e. The lowest BCUT2D eigenvalue weighted by Crippen LogP contribution is -2.59. The number of carbonyl (C=O) groups is 2. The summed E-state index contributed by atoms with van der Waals surface area (Å²) in [6.45, 7) is 5.94. The monoisotopic (exact) mass is 333 g/mol. The molecule has 1 fully saturated rings. The molecule has 1 aliphatic rings. The molecule has 5 nitrogen and oxygen atoms in total.